The van der Waals surface area contributed by atoms with Gasteiger partial charge < -0.3 is 24.8 Å². The highest BCUT2D eigenvalue weighted by Gasteiger charge is 2.19. The molecule has 0 aromatic heterocycles. The van der Waals surface area contributed by atoms with Crippen molar-refractivity contribution in [3.8, 4) is 17.2 Å². The van der Waals surface area contributed by atoms with Crippen LogP contribution in [0.5, 0.6) is 17.2 Å². The molecule has 0 saturated heterocycles. The summed E-state index contributed by atoms with van der Waals surface area (Å²) in [6.45, 7) is -0.596. The van der Waals surface area contributed by atoms with E-state index in [1.165, 1.54) is 18.2 Å². The van der Waals surface area contributed by atoms with Gasteiger partial charge in [0.05, 0.1) is 16.3 Å². The summed E-state index contributed by atoms with van der Waals surface area (Å²) in [5.74, 6) is -0.0248. The lowest BCUT2D eigenvalue weighted by molar-refractivity contribution is -0.119. The first-order valence-electron chi connectivity index (χ1n) is 9.54. The summed E-state index contributed by atoms with van der Waals surface area (Å²) in [5.41, 5.74) is 1.18. The molecule has 4 rings (SSSR count). The third-order valence-corrected chi connectivity index (χ3v) is 4.70. The van der Waals surface area contributed by atoms with Crippen LogP contribution in [0.2, 0.25) is 5.02 Å². The lowest BCUT2D eigenvalue weighted by Crippen LogP contribution is -2.25. The molecule has 0 aliphatic carbocycles. The van der Waals surface area contributed by atoms with Gasteiger partial charge in [-0.3, -0.25) is 9.59 Å². The van der Waals surface area contributed by atoms with Crippen LogP contribution in [-0.2, 0) is 14.3 Å². The number of hydrogen-bond donors (Lipinski definition) is 2. The molecule has 0 bridgehead atoms. The summed E-state index contributed by atoms with van der Waals surface area (Å²) in [4.78, 5) is 35.7. The average Bonchev–Trinajstić information content (AvgIpc) is 2.80. The molecule has 8 nitrogen and oxygen atoms in total. The molecule has 1 aliphatic heterocycles. The van der Waals surface area contributed by atoms with Gasteiger partial charge in [-0.15, -0.1) is 0 Å². The SMILES string of the molecule is O=C(COC(=O)c1ccc2c(c1)OCC(=O)N2)Nc1ccc(Oc2ccccc2Cl)cc1. The molecule has 0 radical (unpaired) electrons. The van der Waals surface area contributed by atoms with Crippen molar-refractivity contribution in [3.05, 3.63) is 77.3 Å². The molecule has 162 valence electrons. The van der Waals surface area contributed by atoms with E-state index in [0.29, 0.717) is 33.6 Å². The van der Waals surface area contributed by atoms with Gasteiger partial charge in [-0.2, -0.15) is 0 Å². The highest BCUT2D eigenvalue weighted by molar-refractivity contribution is 6.32. The quantitative estimate of drug-likeness (QED) is 0.542. The second-order valence-corrected chi connectivity index (χ2v) is 7.14. The smallest absolute Gasteiger partial charge is 0.338 e. The van der Waals surface area contributed by atoms with E-state index in [2.05, 4.69) is 10.6 Å². The van der Waals surface area contributed by atoms with Crippen molar-refractivity contribution in [2.24, 2.45) is 0 Å². The molecule has 0 atom stereocenters. The number of carbonyl (C=O) groups excluding carboxylic acids is 3. The number of esters is 1. The second kappa shape index (κ2) is 9.40. The van der Waals surface area contributed by atoms with Gasteiger partial charge in [-0.25, -0.2) is 4.79 Å². The van der Waals surface area contributed by atoms with Gasteiger partial charge in [-0.1, -0.05) is 23.7 Å². The molecule has 0 fully saturated rings. The first-order valence-corrected chi connectivity index (χ1v) is 9.92. The van der Waals surface area contributed by atoms with E-state index in [9.17, 15) is 14.4 Å². The largest absolute Gasteiger partial charge is 0.482 e. The van der Waals surface area contributed by atoms with Crippen LogP contribution in [0.3, 0.4) is 0 Å². The van der Waals surface area contributed by atoms with Crippen LogP contribution in [0.1, 0.15) is 10.4 Å². The van der Waals surface area contributed by atoms with Crippen molar-refractivity contribution in [1.29, 1.82) is 0 Å². The van der Waals surface area contributed by atoms with Gasteiger partial charge in [0.25, 0.3) is 11.8 Å². The number of para-hydroxylation sites is 1. The predicted octanol–water partition coefficient (Wildman–Crippen LogP) is 4.26. The Bertz CT molecular complexity index is 1180. The van der Waals surface area contributed by atoms with Crippen LogP contribution in [0.15, 0.2) is 66.7 Å². The van der Waals surface area contributed by atoms with Crippen LogP contribution >= 0.6 is 11.6 Å². The van der Waals surface area contributed by atoms with E-state index >= 15 is 0 Å². The normalized spacial score (nSPS) is 12.1. The molecule has 32 heavy (non-hydrogen) atoms. The molecule has 0 unspecified atom stereocenters. The Hall–Kier alpha value is -4.04. The molecular weight excluding hydrogens is 436 g/mol. The Labute approximate surface area is 188 Å². The van der Waals surface area contributed by atoms with Gasteiger partial charge in [-0.05, 0) is 54.6 Å². The molecule has 2 N–H and O–H groups in total. The third kappa shape index (κ3) is 5.16. The van der Waals surface area contributed by atoms with E-state index < -0.39 is 18.5 Å². The molecule has 0 spiro atoms. The van der Waals surface area contributed by atoms with Crippen molar-refractivity contribution in [2.75, 3.05) is 23.8 Å². The van der Waals surface area contributed by atoms with Gasteiger partial charge in [0.1, 0.15) is 17.2 Å². The standard InChI is InChI=1S/C23H17ClN2O6/c24-17-3-1-2-4-19(17)32-16-8-6-15(7-9-16)25-21(27)13-31-23(29)14-5-10-18-20(11-14)30-12-22(28)26-18/h1-11H,12-13H2,(H,25,27)(H,26,28). The highest BCUT2D eigenvalue weighted by Crippen LogP contribution is 2.30. The summed E-state index contributed by atoms with van der Waals surface area (Å²) >= 11 is 6.07. The van der Waals surface area contributed by atoms with Crippen LogP contribution in [0, 0.1) is 0 Å². The molecule has 1 heterocycles. The number of ether oxygens (including phenoxy) is 3. The van der Waals surface area contributed by atoms with Crippen LogP contribution < -0.4 is 20.1 Å². The monoisotopic (exact) mass is 452 g/mol. The Balaban J connectivity index is 1.29. The Morgan fingerprint density at radius 1 is 1.06 bits per heavy atom. The number of nitrogens with one attached hydrogen (secondary N) is 2. The van der Waals surface area contributed by atoms with E-state index in [4.69, 9.17) is 25.8 Å². The van der Waals surface area contributed by atoms with Gasteiger partial charge >= 0.3 is 5.97 Å². The van der Waals surface area contributed by atoms with Gasteiger partial charge in [0.15, 0.2) is 13.2 Å². The zero-order valence-corrected chi connectivity index (χ0v) is 17.3. The number of amides is 2. The molecule has 0 saturated carbocycles. The summed E-state index contributed by atoms with van der Waals surface area (Å²) in [7, 11) is 0. The third-order valence-electron chi connectivity index (χ3n) is 4.39. The summed E-state index contributed by atoms with van der Waals surface area (Å²) < 4.78 is 16.0. The van der Waals surface area contributed by atoms with E-state index in [1.54, 1.807) is 42.5 Å². The topological polar surface area (TPSA) is 103 Å². The maximum absolute atomic E-state index is 12.2. The molecule has 3 aromatic rings. The fourth-order valence-corrected chi connectivity index (χ4v) is 3.05. The minimum absolute atomic E-state index is 0.129. The van der Waals surface area contributed by atoms with Crippen molar-refractivity contribution in [3.63, 3.8) is 0 Å². The van der Waals surface area contributed by atoms with Crippen LogP contribution in [0.4, 0.5) is 11.4 Å². The molecule has 3 aromatic carbocycles. The molecule has 9 heteroatoms. The van der Waals surface area contributed by atoms with Crippen LogP contribution in [-0.4, -0.2) is 31.0 Å². The zero-order valence-electron chi connectivity index (χ0n) is 16.6. The summed E-state index contributed by atoms with van der Waals surface area (Å²) in [6, 6.07) is 18.2. The molecule has 1 aliphatic rings. The average molecular weight is 453 g/mol. The number of benzene rings is 3. The Morgan fingerprint density at radius 3 is 2.62 bits per heavy atom. The molecule has 2 amide bonds. The lowest BCUT2D eigenvalue weighted by Gasteiger charge is -2.18. The predicted molar refractivity (Wildman–Crippen MR) is 117 cm³/mol. The van der Waals surface area contributed by atoms with Crippen molar-refractivity contribution < 1.29 is 28.6 Å². The minimum atomic E-state index is -0.688. The Morgan fingerprint density at radius 2 is 1.84 bits per heavy atom. The first kappa shape index (κ1) is 21.2. The summed E-state index contributed by atoms with van der Waals surface area (Å²) in [6.07, 6.45) is 0. The van der Waals surface area contributed by atoms with Crippen molar-refractivity contribution in [1.82, 2.24) is 0 Å². The zero-order chi connectivity index (χ0) is 22.5. The maximum atomic E-state index is 12.2. The minimum Gasteiger partial charge on any atom is -0.482 e. The van der Waals surface area contributed by atoms with Crippen molar-refractivity contribution >= 4 is 40.8 Å². The van der Waals surface area contributed by atoms with E-state index in [1.807, 2.05) is 6.07 Å². The Kier molecular flexibility index (Phi) is 6.23. The second-order valence-electron chi connectivity index (χ2n) is 6.73. The highest BCUT2D eigenvalue weighted by atomic mass is 35.5. The number of halogens is 1. The van der Waals surface area contributed by atoms with E-state index in [0.717, 1.165) is 0 Å². The van der Waals surface area contributed by atoms with Crippen molar-refractivity contribution in [2.45, 2.75) is 0 Å². The number of hydrogen-bond acceptors (Lipinski definition) is 6. The first-order chi connectivity index (χ1) is 15.5. The lowest BCUT2D eigenvalue weighted by atomic mass is 10.1. The fourth-order valence-electron chi connectivity index (χ4n) is 2.87. The number of fused-ring (bicyclic) bond motifs is 1. The fraction of sp³-hybridized carbons (Fsp3) is 0.0870. The van der Waals surface area contributed by atoms with E-state index in [-0.39, 0.29) is 18.1 Å². The number of carbonyl (C=O) groups is 3. The number of rotatable bonds is 6. The van der Waals surface area contributed by atoms with Gasteiger partial charge in [0, 0.05) is 5.69 Å². The van der Waals surface area contributed by atoms with Crippen LogP contribution in [0.25, 0.3) is 0 Å². The molecular formula is C23H17ClN2O6. The maximum Gasteiger partial charge on any atom is 0.338 e. The van der Waals surface area contributed by atoms with Gasteiger partial charge in [0.2, 0.25) is 0 Å². The summed E-state index contributed by atoms with van der Waals surface area (Å²) in [5, 5.41) is 5.75. The number of anilines is 2.